The predicted octanol–water partition coefficient (Wildman–Crippen LogP) is 2.95. The van der Waals surface area contributed by atoms with E-state index >= 15 is 0 Å². The molecular formula is C15H22BrNO3S. The topological polar surface area (TPSA) is 69.4 Å². The fourth-order valence-electron chi connectivity index (χ4n) is 2.88. The first-order valence-corrected chi connectivity index (χ1v) is 9.90. The van der Waals surface area contributed by atoms with E-state index in [9.17, 15) is 8.42 Å². The van der Waals surface area contributed by atoms with Crippen LogP contribution in [0, 0.1) is 6.92 Å². The summed E-state index contributed by atoms with van der Waals surface area (Å²) >= 11 is 3.46. The Hall–Kier alpha value is -0.590. The number of halogens is 1. The normalized spacial score (nSPS) is 23.0. The van der Waals surface area contributed by atoms with E-state index in [0.717, 1.165) is 40.6 Å². The minimum Gasteiger partial charge on any atom is -0.490 e. The highest BCUT2D eigenvalue weighted by atomic mass is 79.9. The summed E-state index contributed by atoms with van der Waals surface area (Å²) in [6.45, 7) is 2.38. The molecule has 0 amide bonds. The van der Waals surface area contributed by atoms with Gasteiger partial charge in [0, 0.05) is 29.3 Å². The van der Waals surface area contributed by atoms with Crippen molar-refractivity contribution in [1.82, 2.24) is 0 Å². The first-order valence-electron chi connectivity index (χ1n) is 7.16. The second-order valence-electron chi connectivity index (χ2n) is 5.77. The van der Waals surface area contributed by atoms with Gasteiger partial charge in [-0.15, -0.1) is 0 Å². The summed E-state index contributed by atoms with van der Waals surface area (Å²) in [5.74, 6) is 0.805. The van der Waals surface area contributed by atoms with E-state index in [4.69, 9.17) is 10.5 Å². The molecular weight excluding hydrogens is 354 g/mol. The Labute approximate surface area is 135 Å². The molecule has 1 aliphatic rings. The molecule has 0 spiro atoms. The average molecular weight is 376 g/mol. The maximum absolute atomic E-state index is 11.7. The fraction of sp³-hybridized carbons (Fsp3) is 0.600. The van der Waals surface area contributed by atoms with Crippen molar-refractivity contribution >= 4 is 25.8 Å². The third kappa shape index (κ3) is 4.20. The first kappa shape index (κ1) is 16.8. The van der Waals surface area contributed by atoms with Gasteiger partial charge >= 0.3 is 0 Å². The van der Waals surface area contributed by atoms with Crippen molar-refractivity contribution in [3.63, 3.8) is 0 Å². The Kier molecular flexibility index (Phi) is 5.33. The largest absolute Gasteiger partial charge is 0.490 e. The zero-order chi connectivity index (χ0) is 15.6. The highest BCUT2D eigenvalue weighted by Crippen LogP contribution is 2.32. The van der Waals surface area contributed by atoms with Gasteiger partial charge in [-0.2, -0.15) is 0 Å². The Morgan fingerprint density at radius 3 is 2.71 bits per heavy atom. The molecule has 1 fully saturated rings. The molecule has 1 aromatic carbocycles. The van der Waals surface area contributed by atoms with E-state index < -0.39 is 9.84 Å². The number of aryl methyl sites for hydroxylation is 1. The molecule has 4 nitrogen and oxygen atoms in total. The number of hydrogen-bond acceptors (Lipinski definition) is 4. The second kappa shape index (κ2) is 6.67. The Bertz CT molecular complexity index is 616. The van der Waals surface area contributed by atoms with Gasteiger partial charge in [0.25, 0.3) is 0 Å². The van der Waals surface area contributed by atoms with Gasteiger partial charge < -0.3 is 10.5 Å². The Morgan fingerprint density at radius 2 is 2.10 bits per heavy atom. The van der Waals surface area contributed by atoms with Crippen LogP contribution in [0.15, 0.2) is 16.6 Å². The minimum atomic E-state index is -3.00. The van der Waals surface area contributed by atoms with Gasteiger partial charge in [-0.25, -0.2) is 8.42 Å². The molecule has 1 saturated carbocycles. The van der Waals surface area contributed by atoms with Gasteiger partial charge in [-0.3, -0.25) is 0 Å². The molecule has 0 saturated heterocycles. The van der Waals surface area contributed by atoms with Crippen LogP contribution in [0.3, 0.4) is 0 Å². The molecule has 1 aliphatic carbocycles. The average Bonchev–Trinajstić information content (AvgIpc) is 2.41. The fourth-order valence-corrected chi connectivity index (χ4v) is 4.66. The van der Waals surface area contributed by atoms with Crippen LogP contribution in [0.5, 0.6) is 5.75 Å². The summed E-state index contributed by atoms with van der Waals surface area (Å²) in [7, 11) is -3.00. The van der Waals surface area contributed by atoms with E-state index in [1.54, 1.807) is 0 Å². The van der Waals surface area contributed by atoms with Crippen molar-refractivity contribution in [2.24, 2.45) is 5.73 Å². The highest BCUT2D eigenvalue weighted by molar-refractivity contribution is 9.10. The smallest absolute Gasteiger partial charge is 0.150 e. The molecule has 2 N–H and O–H groups in total. The molecule has 118 valence electrons. The summed E-state index contributed by atoms with van der Waals surface area (Å²) in [4.78, 5) is 0. The van der Waals surface area contributed by atoms with Crippen molar-refractivity contribution in [2.45, 2.75) is 50.5 Å². The third-order valence-corrected chi connectivity index (χ3v) is 6.10. The first-order chi connectivity index (χ1) is 9.81. The Morgan fingerprint density at radius 1 is 1.38 bits per heavy atom. The monoisotopic (exact) mass is 375 g/mol. The molecule has 1 aromatic rings. The van der Waals surface area contributed by atoms with Crippen LogP contribution in [0.25, 0.3) is 0 Å². The van der Waals surface area contributed by atoms with Gasteiger partial charge in [0.2, 0.25) is 0 Å². The molecule has 0 bridgehead atoms. The highest BCUT2D eigenvalue weighted by Gasteiger charge is 2.30. The van der Waals surface area contributed by atoms with Crippen molar-refractivity contribution in [2.75, 3.05) is 6.26 Å². The summed E-state index contributed by atoms with van der Waals surface area (Å²) in [5, 5.41) is -0.284. The van der Waals surface area contributed by atoms with Crippen LogP contribution in [-0.4, -0.2) is 26.0 Å². The molecule has 0 aliphatic heterocycles. The molecule has 0 aromatic heterocycles. The third-order valence-electron chi connectivity index (χ3n) is 4.00. The maximum Gasteiger partial charge on any atom is 0.150 e. The zero-order valence-corrected chi connectivity index (χ0v) is 14.8. The molecule has 0 heterocycles. The van der Waals surface area contributed by atoms with Crippen molar-refractivity contribution < 1.29 is 13.2 Å². The lowest BCUT2D eigenvalue weighted by atomic mass is 9.97. The summed E-state index contributed by atoms with van der Waals surface area (Å²) in [6, 6.07) is 3.95. The Balaban J connectivity index is 2.18. The molecule has 2 unspecified atom stereocenters. The number of benzene rings is 1. The van der Waals surface area contributed by atoms with E-state index in [0.29, 0.717) is 13.0 Å². The number of nitrogens with two attached hydrogens (primary N) is 1. The summed E-state index contributed by atoms with van der Waals surface area (Å²) in [6.07, 6.45) is 4.35. The summed E-state index contributed by atoms with van der Waals surface area (Å²) in [5.41, 5.74) is 7.76. The van der Waals surface area contributed by atoms with E-state index in [1.165, 1.54) is 6.26 Å². The van der Waals surface area contributed by atoms with Gasteiger partial charge in [-0.05, 0) is 43.9 Å². The van der Waals surface area contributed by atoms with Crippen LogP contribution in [-0.2, 0) is 16.4 Å². The number of hydrogen-bond donors (Lipinski definition) is 1. The molecule has 0 radical (unpaired) electrons. The number of sulfone groups is 1. The molecule has 6 heteroatoms. The lowest BCUT2D eigenvalue weighted by Gasteiger charge is -2.29. The van der Waals surface area contributed by atoms with Gasteiger partial charge in [0.05, 0.1) is 11.4 Å². The lowest BCUT2D eigenvalue weighted by molar-refractivity contribution is 0.154. The van der Waals surface area contributed by atoms with Crippen molar-refractivity contribution in [3.8, 4) is 5.75 Å². The van der Waals surface area contributed by atoms with Crippen LogP contribution in [0.2, 0.25) is 0 Å². The summed E-state index contributed by atoms with van der Waals surface area (Å²) < 4.78 is 30.6. The van der Waals surface area contributed by atoms with E-state index in [2.05, 4.69) is 15.9 Å². The SMILES string of the molecule is Cc1cc(Br)cc(CN)c1OC1CCCC(S(C)(=O)=O)C1. The second-order valence-corrected chi connectivity index (χ2v) is 9.01. The van der Waals surface area contributed by atoms with Crippen LogP contribution in [0.1, 0.15) is 36.8 Å². The standard InChI is InChI=1S/C15H22BrNO3S/c1-10-6-12(16)7-11(9-17)15(10)20-13-4-3-5-14(8-13)21(2,18)19/h6-7,13-14H,3-5,8-9,17H2,1-2H3. The van der Waals surface area contributed by atoms with Gasteiger partial charge in [-0.1, -0.05) is 15.9 Å². The predicted molar refractivity (Wildman–Crippen MR) is 88.3 cm³/mol. The van der Waals surface area contributed by atoms with Crippen molar-refractivity contribution in [1.29, 1.82) is 0 Å². The van der Waals surface area contributed by atoms with Crippen LogP contribution < -0.4 is 10.5 Å². The van der Waals surface area contributed by atoms with Crippen molar-refractivity contribution in [3.05, 3.63) is 27.7 Å². The number of ether oxygens (including phenoxy) is 1. The molecule has 21 heavy (non-hydrogen) atoms. The zero-order valence-electron chi connectivity index (χ0n) is 12.4. The number of rotatable bonds is 4. The molecule has 2 rings (SSSR count). The van der Waals surface area contributed by atoms with E-state index in [1.807, 2.05) is 19.1 Å². The maximum atomic E-state index is 11.7. The minimum absolute atomic E-state index is 0.0522. The lowest BCUT2D eigenvalue weighted by Crippen LogP contribution is -2.33. The van der Waals surface area contributed by atoms with Gasteiger partial charge in [0.1, 0.15) is 15.6 Å². The van der Waals surface area contributed by atoms with Crippen LogP contribution in [0.4, 0.5) is 0 Å². The quantitative estimate of drug-likeness (QED) is 0.877. The molecule has 2 atom stereocenters. The van der Waals surface area contributed by atoms with Crippen LogP contribution >= 0.6 is 15.9 Å². The van der Waals surface area contributed by atoms with Gasteiger partial charge in [0.15, 0.2) is 0 Å². The van der Waals surface area contributed by atoms with E-state index in [-0.39, 0.29) is 11.4 Å².